The summed E-state index contributed by atoms with van der Waals surface area (Å²) in [4.78, 5) is 18.9. The summed E-state index contributed by atoms with van der Waals surface area (Å²) in [5.74, 6) is 0.0591. The van der Waals surface area contributed by atoms with E-state index in [-0.39, 0.29) is 18.0 Å². The first kappa shape index (κ1) is 11.3. The fourth-order valence-electron chi connectivity index (χ4n) is 1.66. The quantitative estimate of drug-likeness (QED) is 0.789. The van der Waals surface area contributed by atoms with E-state index >= 15 is 0 Å². The van der Waals surface area contributed by atoms with Crippen LogP contribution < -0.4 is 16.0 Å². The molecule has 2 atom stereocenters. The summed E-state index contributed by atoms with van der Waals surface area (Å²) in [7, 11) is 0. The molecule has 0 aromatic carbocycles. The topological polar surface area (TPSA) is 71.2 Å². The van der Waals surface area contributed by atoms with Gasteiger partial charge in [0.15, 0.2) is 5.13 Å². The predicted molar refractivity (Wildman–Crippen MR) is 64.5 cm³/mol. The summed E-state index contributed by atoms with van der Waals surface area (Å²) in [6, 6.07) is -0.152. The molecule has 2 rings (SSSR count). The Hall–Kier alpha value is -1.14. The van der Waals surface area contributed by atoms with Crippen molar-refractivity contribution >= 4 is 22.4 Å². The van der Waals surface area contributed by atoms with E-state index in [9.17, 15) is 4.79 Å². The number of rotatable bonds is 2. The Morgan fingerprint density at radius 2 is 2.50 bits per heavy atom. The van der Waals surface area contributed by atoms with Crippen LogP contribution in [0.1, 0.15) is 24.8 Å². The van der Waals surface area contributed by atoms with Crippen LogP contribution in [0.15, 0.2) is 6.20 Å². The van der Waals surface area contributed by atoms with Gasteiger partial charge in [0.25, 0.3) is 0 Å². The molecule has 5 nitrogen and oxygen atoms in total. The lowest BCUT2D eigenvalue weighted by atomic mass is 10.2. The Morgan fingerprint density at radius 3 is 3.12 bits per heavy atom. The summed E-state index contributed by atoms with van der Waals surface area (Å²) in [6.45, 7) is 5.31. The molecule has 0 radical (unpaired) electrons. The van der Waals surface area contributed by atoms with Gasteiger partial charge in [-0.1, -0.05) is 0 Å². The molecular weight excluding hydrogens is 224 g/mol. The minimum Gasteiger partial charge on any atom is -0.353 e. The van der Waals surface area contributed by atoms with Gasteiger partial charge in [-0.3, -0.25) is 4.79 Å². The molecule has 0 spiro atoms. The average molecular weight is 240 g/mol. The number of nitrogens with one attached hydrogen (secondary N) is 1. The van der Waals surface area contributed by atoms with E-state index in [0.29, 0.717) is 6.54 Å². The van der Waals surface area contributed by atoms with Crippen molar-refractivity contribution in [2.45, 2.75) is 25.9 Å². The maximum absolute atomic E-state index is 11.5. The zero-order valence-electron chi connectivity index (χ0n) is 9.43. The first-order valence-electron chi connectivity index (χ1n) is 5.35. The van der Waals surface area contributed by atoms with Gasteiger partial charge in [0, 0.05) is 30.2 Å². The van der Waals surface area contributed by atoms with Crippen molar-refractivity contribution < 1.29 is 4.79 Å². The molecule has 6 heteroatoms. The number of thiazole rings is 1. The van der Waals surface area contributed by atoms with Crippen molar-refractivity contribution in [3.05, 3.63) is 11.1 Å². The molecule has 1 fully saturated rings. The summed E-state index contributed by atoms with van der Waals surface area (Å²) >= 11 is 1.56. The van der Waals surface area contributed by atoms with Crippen molar-refractivity contribution in [2.75, 3.05) is 18.0 Å². The van der Waals surface area contributed by atoms with Crippen LogP contribution in [-0.2, 0) is 4.79 Å². The SMILES string of the molecule is CC(N)c1cnc(N2CCNC(=O)C2C)s1. The molecule has 0 bridgehead atoms. The van der Waals surface area contributed by atoms with E-state index in [1.165, 1.54) is 0 Å². The third-order valence-corrected chi connectivity index (χ3v) is 3.94. The van der Waals surface area contributed by atoms with Crippen LogP contribution >= 0.6 is 11.3 Å². The maximum Gasteiger partial charge on any atom is 0.242 e. The number of nitrogens with zero attached hydrogens (tertiary/aromatic N) is 2. The number of anilines is 1. The highest BCUT2D eigenvalue weighted by atomic mass is 32.1. The molecule has 2 unspecified atom stereocenters. The standard InChI is InChI=1S/C10H16N4OS/c1-6(11)8-5-13-10(16-8)14-4-3-12-9(15)7(14)2/h5-7H,3-4,11H2,1-2H3,(H,12,15). The smallest absolute Gasteiger partial charge is 0.242 e. The van der Waals surface area contributed by atoms with Crippen LogP contribution in [0, 0.1) is 0 Å². The van der Waals surface area contributed by atoms with Gasteiger partial charge in [-0.2, -0.15) is 0 Å². The Bertz CT molecular complexity index is 390. The predicted octanol–water partition coefficient (Wildman–Crippen LogP) is 0.487. The summed E-state index contributed by atoms with van der Waals surface area (Å²) < 4.78 is 0. The molecule has 1 amide bonds. The molecule has 1 aliphatic rings. The molecule has 3 N–H and O–H groups in total. The van der Waals surface area contributed by atoms with Gasteiger partial charge in [0.2, 0.25) is 5.91 Å². The lowest BCUT2D eigenvalue weighted by Gasteiger charge is -2.32. The van der Waals surface area contributed by atoms with Crippen LogP contribution in [0.3, 0.4) is 0 Å². The molecule has 88 valence electrons. The first-order valence-corrected chi connectivity index (χ1v) is 6.17. The normalized spacial score (nSPS) is 23.1. The third kappa shape index (κ3) is 2.03. The Labute approximate surface area is 98.7 Å². The Kier molecular flexibility index (Phi) is 3.11. The van der Waals surface area contributed by atoms with E-state index in [0.717, 1.165) is 16.6 Å². The number of hydrogen-bond donors (Lipinski definition) is 2. The largest absolute Gasteiger partial charge is 0.353 e. The van der Waals surface area contributed by atoms with Crippen LogP contribution in [0.2, 0.25) is 0 Å². The number of piperazine rings is 1. The van der Waals surface area contributed by atoms with Crippen LogP contribution in [0.5, 0.6) is 0 Å². The van der Waals surface area contributed by atoms with Crippen molar-refractivity contribution in [1.82, 2.24) is 10.3 Å². The van der Waals surface area contributed by atoms with Crippen LogP contribution in [0.4, 0.5) is 5.13 Å². The average Bonchev–Trinajstić information content (AvgIpc) is 2.71. The highest BCUT2D eigenvalue weighted by Gasteiger charge is 2.27. The first-order chi connectivity index (χ1) is 7.59. The summed E-state index contributed by atoms with van der Waals surface area (Å²) in [5, 5.41) is 3.72. The number of amides is 1. The van der Waals surface area contributed by atoms with E-state index in [4.69, 9.17) is 5.73 Å². The molecule has 1 aliphatic heterocycles. The number of hydrogen-bond acceptors (Lipinski definition) is 5. The number of carbonyl (C=O) groups is 1. The van der Waals surface area contributed by atoms with Gasteiger partial charge in [-0.15, -0.1) is 11.3 Å². The highest BCUT2D eigenvalue weighted by molar-refractivity contribution is 7.15. The molecule has 2 heterocycles. The molecule has 1 aromatic heterocycles. The molecule has 0 saturated carbocycles. The zero-order valence-corrected chi connectivity index (χ0v) is 10.3. The van der Waals surface area contributed by atoms with Crippen molar-refractivity contribution in [3.8, 4) is 0 Å². The number of carbonyl (C=O) groups excluding carboxylic acids is 1. The van der Waals surface area contributed by atoms with Gasteiger partial charge < -0.3 is 16.0 Å². The third-order valence-electron chi connectivity index (χ3n) is 2.70. The summed E-state index contributed by atoms with van der Waals surface area (Å²) in [6.07, 6.45) is 1.80. The lowest BCUT2D eigenvalue weighted by molar-refractivity contribution is -0.122. The Morgan fingerprint density at radius 1 is 1.75 bits per heavy atom. The second-order valence-electron chi connectivity index (χ2n) is 3.99. The van der Waals surface area contributed by atoms with Crippen LogP contribution in [-0.4, -0.2) is 30.0 Å². The van der Waals surface area contributed by atoms with E-state index in [2.05, 4.69) is 10.3 Å². The second-order valence-corrected chi connectivity index (χ2v) is 5.03. The van der Waals surface area contributed by atoms with Gasteiger partial charge in [0.1, 0.15) is 6.04 Å². The second kappa shape index (κ2) is 4.39. The van der Waals surface area contributed by atoms with Gasteiger partial charge >= 0.3 is 0 Å². The van der Waals surface area contributed by atoms with Crippen molar-refractivity contribution in [2.24, 2.45) is 5.73 Å². The highest BCUT2D eigenvalue weighted by Crippen LogP contribution is 2.27. The molecule has 16 heavy (non-hydrogen) atoms. The van der Waals surface area contributed by atoms with E-state index in [1.807, 2.05) is 18.7 Å². The fraction of sp³-hybridized carbons (Fsp3) is 0.600. The molecule has 1 aromatic rings. The maximum atomic E-state index is 11.5. The lowest BCUT2D eigenvalue weighted by Crippen LogP contribution is -2.54. The van der Waals surface area contributed by atoms with E-state index in [1.54, 1.807) is 17.5 Å². The van der Waals surface area contributed by atoms with E-state index < -0.39 is 0 Å². The van der Waals surface area contributed by atoms with Crippen molar-refractivity contribution in [1.29, 1.82) is 0 Å². The summed E-state index contributed by atoms with van der Waals surface area (Å²) in [5.41, 5.74) is 5.79. The van der Waals surface area contributed by atoms with Gasteiger partial charge in [-0.05, 0) is 13.8 Å². The van der Waals surface area contributed by atoms with Gasteiger partial charge in [-0.25, -0.2) is 4.98 Å². The monoisotopic (exact) mass is 240 g/mol. The molecule has 1 saturated heterocycles. The fourth-order valence-corrected chi connectivity index (χ4v) is 2.64. The minimum atomic E-state index is -0.152. The van der Waals surface area contributed by atoms with Crippen molar-refractivity contribution in [3.63, 3.8) is 0 Å². The Balaban J connectivity index is 2.19. The minimum absolute atomic E-state index is 0.000160. The molecular formula is C10H16N4OS. The van der Waals surface area contributed by atoms with Gasteiger partial charge in [0.05, 0.1) is 0 Å². The zero-order chi connectivity index (χ0) is 11.7. The van der Waals surface area contributed by atoms with Crippen LogP contribution in [0.25, 0.3) is 0 Å². The number of nitrogens with two attached hydrogens (primary N) is 1. The number of aromatic nitrogens is 1. The molecule has 0 aliphatic carbocycles.